The standard InChI is InChI=1S/C23H22ClN5O2/c1-2-15-3-5-16(6-4-15)19-13-20-23(30)28(11-12-29(20)26-19)14-21-25-22(27-31-21)17-7-9-18(24)10-8-17/h3-12,19-20,26H,2,13-14H2,1H3. The Balaban J connectivity index is 1.26. The van der Waals surface area contributed by atoms with Gasteiger partial charge in [0.25, 0.3) is 5.91 Å². The molecule has 3 heterocycles. The smallest absolute Gasteiger partial charge is 0.251 e. The summed E-state index contributed by atoms with van der Waals surface area (Å²) < 4.78 is 5.37. The average molecular weight is 436 g/mol. The molecule has 0 radical (unpaired) electrons. The number of hydrogen-bond acceptors (Lipinski definition) is 6. The maximum atomic E-state index is 13.1. The number of nitrogens with zero attached hydrogens (tertiary/aromatic N) is 4. The van der Waals surface area contributed by atoms with Crippen LogP contribution in [-0.2, 0) is 17.8 Å². The molecule has 158 valence electrons. The molecule has 0 saturated carbocycles. The summed E-state index contributed by atoms with van der Waals surface area (Å²) in [5.74, 6) is 0.864. The predicted molar refractivity (Wildman–Crippen MR) is 116 cm³/mol. The summed E-state index contributed by atoms with van der Waals surface area (Å²) in [4.78, 5) is 19.1. The van der Waals surface area contributed by atoms with E-state index in [4.69, 9.17) is 16.1 Å². The quantitative estimate of drug-likeness (QED) is 0.650. The molecule has 2 unspecified atom stereocenters. The third-order valence-electron chi connectivity index (χ3n) is 5.74. The van der Waals surface area contributed by atoms with Gasteiger partial charge in [-0.05, 0) is 48.2 Å². The molecule has 0 bridgehead atoms. The Kier molecular flexibility index (Phi) is 5.21. The van der Waals surface area contributed by atoms with Crippen molar-refractivity contribution in [2.24, 2.45) is 0 Å². The highest BCUT2D eigenvalue weighted by atomic mass is 35.5. The number of fused-ring (bicyclic) bond motifs is 1. The van der Waals surface area contributed by atoms with Crippen LogP contribution >= 0.6 is 11.6 Å². The second kappa shape index (κ2) is 8.17. The molecule has 3 aromatic rings. The average Bonchev–Trinajstić information content (AvgIpc) is 3.44. The van der Waals surface area contributed by atoms with Crippen LogP contribution in [0.2, 0.25) is 5.02 Å². The van der Waals surface area contributed by atoms with Gasteiger partial charge in [0.15, 0.2) is 0 Å². The van der Waals surface area contributed by atoms with E-state index >= 15 is 0 Å². The van der Waals surface area contributed by atoms with Crippen molar-refractivity contribution in [2.45, 2.75) is 38.4 Å². The van der Waals surface area contributed by atoms with Crippen LogP contribution in [0.4, 0.5) is 0 Å². The minimum atomic E-state index is -0.264. The van der Waals surface area contributed by atoms with Crippen LogP contribution in [0.3, 0.4) is 0 Å². The fourth-order valence-electron chi connectivity index (χ4n) is 3.95. The number of carbonyl (C=O) groups is 1. The normalized spacial score (nSPS) is 20.4. The van der Waals surface area contributed by atoms with Crippen LogP contribution in [0.1, 0.15) is 36.4 Å². The van der Waals surface area contributed by atoms with Crippen molar-refractivity contribution >= 4 is 17.5 Å². The van der Waals surface area contributed by atoms with Gasteiger partial charge in [0.05, 0.1) is 6.04 Å². The number of nitrogens with one attached hydrogen (secondary N) is 1. The van der Waals surface area contributed by atoms with Crippen LogP contribution in [-0.4, -0.2) is 32.0 Å². The summed E-state index contributed by atoms with van der Waals surface area (Å²) in [7, 11) is 0. The summed E-state index contributed by atoms with van der Waals surface area (Å²) in [6.45, 7) is 2.37. The summed E-state index contributed by atoms with van der Waals surface area (Å²) in [6, 6.07) is 15.6. The molecule has 0 aliphatic carbocycles. The van der Waals surface area contributed by atoms with Gasteiger partial charge in [-0.25, -0.2) is 5.43 Å². The van der Waals surface area contributed by atoms with Gasteiger partial charge < -0.3 is 14.4 Å². The fourth-order valence-corrected chi connectivity index (χ4v) is 4.08. The summed E-state index contributed by atoms with van der Waals surface area (Å²) >= 11 is 5.93. The summed E-state index contributed by atoms with van der Waals surface area (Å²) in [5.41, 5.74) is 6.73. The Morgan fingerprint density at radius 2 is 1.90 bits per heavy atom. The van der Waals surface area contributed by atoms with Crippen molar-refractivity contribution in [1.82, 2.24) is 25.5 Å². The zero-order valence-electron chi connectivity index (χ0n) is 17.0. The van der Waals surface area contributed by atoms with Crippen molar-refractivity contribution in [2.75, 3.05) is 0 Å². The Morgan fingerprint density at radius 3 is 2.65 bits per heavy atom. The van der Waals surface area contributed by atoms with E-state index in [0.717, 1.165) is 12.0 Å². The molecule has 2 aliphatic heterocycles. The lowest BCUT2D eigenvalue weighted by Crippen LogP contribution is -2.47. The van der Waals surface area contributed by atoms with E-state index in [0.29, 0.717) is 23.2 Å². The van der Waals surface area contributed by atoms with Gasteiger partial charge in [-0.15, -0.1) is 0 Å². The van der Waals surface area contributed by atoms with Gasteiger partial charge in [0.2, 0.25) is 11.7 Å². The van der Waals surface area contributed by atoms with Crippen molar-refractivity contribution in [1.29, 1.82) is 0 Å². The van der Waals surface area contributed by atoms with Gasteiger partial charge in [0.1, 0.15) is 12.6 Å². The van der Waals surface area contributed by atoms with Crippen LogP contribution in [0.25, 0.3) is 11.4 Å². The molecule has 2 aliphatic rings. The minimum Gasteiger partial charge on any atom is -0.337 e. The number of hydrogen-bond donors (Lipinski definition) is 1. The van der Waals surface area contributed by atoms with E-state index in [1.165, 1.54) is 11.1 Å². The highest BCUT2D eigenvalue weighted by molar-refractivity contribution is 6.30. The molecule has 1 amide bonds. The Morgan fingerprint density at radius 1 is 1.13 bits per heavy atom. The SMILES string of the molecule is CCc1ccc(C2CC3C(=O)N(Cc4nc(-c5ccc(Cl)cc5)no4)C=CN3N2)cc1. The summed E-state index contributed by atoms with van der Waals surface area (Å²) in [6.07, 6.45) is 5.35. The maximum Gasteiger partial charge on any atom is 0.251 e. The number of aryl methyl sites for hydroxylation is 1. The molecule has 2 aromatic carbocycles. The number of rotatable bonds is 5. The number of hydrazine groups is 1. The van der Waals surface area contributed by atoms with E-state index < -0.39 is 0 Å². The van der Waals surface area contributed by atoms with E-state index in [9.17, 15) is 4.79 Å². The van der Waals surface area contributed by atoms with Gasteiger partial charge in [0, 0.05) is 23.0 Å². The van der Waals surface area contributed by atoms with Gasteiger partial charge >= 0.3 is 0 Å². The number of aromatic nitrogens is 2. The second-order valence-corrected chi connectivity index (χ2v) is 8.15. The molecule has 1 aromatic heterocycles. The van der Waals surface area contributed by atoms with Gasteiger partial charge in [-0.2, -0.15) is 4.98 Å². The van der Waals surface area contributed by atoms with Crippen LogP contribution in [0.5, 0.6) is 0 Å². The molecule has 1 fully saturated rings. The first-order valence-corrected chi connectivity index (χ1v) is 10.7. The molecule has 5 rings (SSSR count). The van der Waals surface area contributed by atoms with Crippen LogP contribution in [0.15, 0.2) is 65.5 Å². The first-order valence-electron chi connectivity index (χ1n) is 10.3. The molecule has 7 nitrogen and oxygen atoms in total. The van der Waals surface area contributed by atoms with Crippen molar-refractivity contribution < 1.29 is 9.32 Å². The van der Waals surface area contributed by atoms with Crippen molar-refractivity contribution in [3.8, 4) is 11.4 Å². The van der Waals surface area contributed by atoms with Gasteiger partial charge in [-0.3, -0.25) is 4.79 Å². The lowest BCUT2D eigenvalue weighted by atomic mass is 9.99. The number of benzene rings is 2. The van der Waals surface area contributed by atoms with E-state index in [-0.39, 0.29) is 24.5 Å². The third kappa shape index (κ3) is 3.94. The Hall–Kier alpha value is -3.16. The fraction of sp³-hybridized carbons (Fsp3) is 0.261. The zero-order valence-corrected chi connectivity index (χ0v) is 17.8. The van der Waals surface area contributed by atoms with Crippen LogP contribution < -0.4 is 5.43 Å². The Labute approximate surface area is 185 Å². The molecule has 0 spiro atoms. The third-order valence-corrected chi connectivity index (χ3v) is 5.99. The first-order chi connectivity index (χ1) is 15.1. The second-order valence-electron chi connectivity index (χ2n) is 7.72. The largest absolute Gasteiger partial charge is 0.337 e. The zero-order chi connectivity index (χ0) is 21.4. The minimum absolute atomic E-state index is 0.00826. The highest BCUT2D eigenvalue weighted by Crippen LogP contribution is 2.31. The van der Waals surface area contributed by atoms with Crippen molar-refractivity contribution in [3.63, 3.8) is 0 Å². The molecule has 1 saturated heterocycles. The highest BCUT2D eigenvalue weighted by Gasteiger charge is 2.40. The van der Waals surface area contributed by atoms with Crippen LogP contribution in [0, 0.1) is 0 Å². The maximum absolute atomic E-state index is 13.1. The molecule has 1 N–H and O–H groups in total. The van der Waals surface area contributed by atoms with E-state index in [1.54, 1.807) is 23.2 Å². The monoisotopic (exact) mass is 435 g/mol. The molecule has 8 heteroatoms. The lowest BCUT2D eigenvalue weighted by Gasteiger charge is -2.30. The number of amides is 1. The number of halogens is 1. The topological polar surface area (TPSA) is 74.5 Å². The molecular weight excluding hydrogens is 414 g/mol. The van der Waals surface area contributed by atoms with E-state index in [2.05, 4.69) is 46.8 Å². The molecule has 31 heavy (non-hydrogen) atoms. The molecular formula is C23H22ClN5O2. The van der Waals surface area contributed by atoms with E-state index in [1.807, 2.05) is 23.3 Å². The lowest BCUT2D eigenvalue weighted by molar-refractivity contribution is -0.135. The number of carbonyl (C=O) groups excluding carboxylic acids is 1. The predicted octanol–water partition coefficient (Wildman–Crippen LogP) is 4.09. The summed E-state index contributed by atoms with van der Waals surface area (Å²) in [5, 5.41) is 6.56. The Bertz CT molecular complexity index is 1110. The first kappa shape index (κ1) is 19.8. The van der Waals surface area contributed by atoms with Gasteiger partial charge in [-0.1, -0.05) is 47.9 Å². The van der Waals surface area contributed by atoms with Crippen molar-refractivity contribution in [3.05, 3.63) is 83.0 Å². The molecule has 2 atom stereocenters.